The molecule has 1 radical (unpaired) electrons. The molecule has 0 aromatic rings. The quantitative estimate of drug-likeness (QED) is 0.304. The van der Waals surface area contributed by atoms with Crippen LogP contribution in [0.5, 0.6) is 0 Å². The van der Waals surface area contributed by atoms with E-state index in [-0.39, 0.29) is 51.6 Å². The first kappa shape index (κ1) is 15.9. The van der Waals surface area contributed by atoms with Gasteiger partial charge in [0.1, 0.15) is 0 Å². The van der Waals surface area contributed by atoms with E-state index in [0.29, 0.717) is 0 Å². The predicted molar refractivity (Wildman–Crippen MR) is 21.8 cm³/mol. The molecule has 0 rings (SSSR count). The Hall–Kier alpha value is 1.76. The Balaban J connectivity index is -0.0000000800. The Kier molecular flexibility index (Phi) is 13.4. The predicted octanol–water partition coefficient (Wildman–Crippen LogP) is -3.26. The van der Waals surface area contributed by atoms with Gasteiger partial charge in [0, 0.05) is 32.7 Å². The van der Waals surface area contributed by atoms with Gasteiger partial charge in [0.25, 0.3) is 0 Å². The SMILES string of the molecule is O[Si](O)(O)O.[LiH].[Y]. The maximum atomic E-state index is 7.33. The molecule has 4 nitrogen and oxygen atoms in total. The molecule has 0 spiro atoms. The molecule has 0 saturated heterocycles. The van der Waals surface area contributed by atoms with E-state index in [0.717, 1.165) is 0 Å². The van der Waals surface area contributed by atoms with Gasteiger partial charge in [-0.25, -0.2) is 0 Å². The third-order valence-corrected chi connectivity index (χ3v) is 0. The van der Waals surface area contributed by atoms with Crippen molar-refractivity contribution in [3.8, 4) is 0 Å². The van der Waals surface area contributed by atoms with Crippen LogP contribution in [-0.4, -0.2) is 47.1 Å². The van der Waals surface area contributed by atoms with Crippen LogP contribution in [0.4, 0.5) is 0 Å². The molecule has 0 saturated carbocycles. The average Bonchev–Trinajstić information content (AvgIpc) is 0.722. The zero-order chi connectivity index (χ0) is 4.50. The normalized spacial score (nSPS) is 8.57. The van der Waals surface area contributed by atoms with Gasteiger partial charge in [0.15, 0.2) is 0 Å². The Labute approximate surface area is 79.1 Å². The molecule has 0 aliphatic heterocycles. The summed E-state index contributed by atoms with van der Waals surface area (Å²) in [6.07, 6.45) is 0. The molecule has 0 fully saturated rings. The summed E-state index contributed by atoms with van der Waals surface area (Å²) in [6.45, 7) is 0. The van der Waals surface area contributed by atoms with Gasteiger partial charge in [0.2, 0.25) is 0 Å². The monoisotopic (exact) mass is 193 g/mol. The second-order valence-electron chi connectivity index (χ2n) is 0.600. The molecule has 0 aliphatic carbocycles. The summed E-state index contributed by atoms with van der Waals surface area (Å²) < 4.78 is 0. The van der Waals surface area contributed by atoms with E-state index in [9.17, 15) is 0 Å². The van der Waals surface area contributed by atoms with Crippen LogP contribution in [0.3, 0.4) is 0 Å². The standard InChI is InChI=1S/Li.H4O4Si.Y.H/c;1-5(2,3)4;;/h;1-4H;;. The van der Waals surface area contributed by atoms with Gasteiger partial charge in [-0.2, -0.15) is 0 Å². The Morgan fingerprint density at radius 2 is 0.857 bits per heavy atom. The molecule has 0 unspecified atom stereocenters. The van der Waals surface area contributed by atoms with E-state index >= 15 is 0 Å². The molecule has 0 heterocycles. The van der Waals surface area contributed by atoms with Gasteiger partial charge >= 0.3 is 27.9 Å². The van der Waals surface area contributed by atoms with E-state index in [4.69, 9.17) is 19.2 Å². The van der Waals surface area contributed by atoms with Crippen molar-refractivity contribution in [2.75, 3.05) is 0 Å². The summed E-state index contributed by atoms with van der Waals surface area (Å²) in [5, 5.41) is 0. The largest absolute Gasteiger partial charge is 0 e. The molecule has 4 N–H and O–H groups in total. The molecule has 37 valence electrons. The van der Waals surface area contributed by atoms with Crippen LogP contribution < -0.4 is 0 Å². The second-order valence-corrected chi connectivity index (χ2v) is 1.80. The first-order valence-corrected chi connectivity index (χ1v) is 2.68. The molecule has 0 bridgehead atoms. The second kappa shape index (κ2) is 5.89. The van der Waals surface area contributed by atoms with Crippen molar-refractivity contribution < 1.29 is 51.9 Å². The van der Waals surface area contributed by atoms with Gasteiger partial charge in [-0.3, -0.25) is 0 Å². The first-order chi connectivity index (χ1) is 2.00. The smallest absolute Gasteiger partial charge is 0 e. The summed E-state index contributed by atoms with van der Waals surface area (Å²) in [5.74, 6) is 0. The van der Waals surface area contributed by atoms with Crippen LogP contribution in [0.25, 0.3) is 0 Å². The minimum Gasteiger partial charge on any atom is 0 e. The summed E-state index contributed by atoms with van der Waals surface area (Å²) in [4.78, 5) is 29.3. The van der Waals surface area contributed by atoms with E-state index in [1.54, 1.807) is 0 Å². The maximum Gasteiger partial charge on any atom is 0 e. The van der Waals surface area contributed by atoms with Crippen molar-refractivity contribution >= 4 is 27.9 Å². The maximum absolute atomic E-state index is 7.33. The Bertz CT molecular complexity index is 27.2. The molecule has 0 aromatic carbocycles. The van der Waals surface area contributed by atoms with E-state index in [1.807, 2.05) is 0 Å². The third kappa shape index (κ3) is 83.2. The van der Waals surface area contributed by atoms with Crippen LogP contribution in [0.15, 0.2) is 0 Å². The fourth-order valence-corrected chi connectivity index (χ4v) is 0. The zero-order valence-corrected chi connectivity index (χ0v) is 6.70. The van der Waals surface area contributed by atoms with Crippen LogP contribution >= 0.6 is 0 Å². The topological polar surface area (TPSA) is 80.9 Å². The Morgan fingerprint density at radius 3 is 0.857 bits per heavy atom. The van der Waals surface area contributed by atoms with Crippen molar-refractivity contribution in [3.63, 3.8) is 0 Å². The fraction of sp³-hybridized carbons (Fsp3) is 0. The number of rotatable bonds is 0. The average molecular weight is 193 g/mol. The van der Waals surface area contributed by atoms with Crippen LogP contribution in [-0.2, 0) is 32.7 Å². The van der Waals surface area contributed by atoms with Crippen LogP contribution in [0.2, 0.25) is 0 Å². The molecule has 7 heteroatoms. The van der Waals surface area contributed by atoms with E-state index in [2.05, 4.69) is 0 Å². The molecule has 0 atom stereocenters. The van der Waals surface area contributed by atoms with E-state index < -0.39 is 9.05 Å². The van der Waals surface area contributed by atoms with Crippen molar-refractivity contribution in [1.29, 1.82) is 0 Å². The molecule has 0 aliphatic rings. The van der Waals surface area contributed by atoms with Gasteiger partial charge in [0.05, 0.1) is 0 Å². The van der Waals surface area contributed by atoms with Gasteiger partial charge in [-0.1, -0.05) is 0 Å². The third-order valence-electron chi connectivity index (χ3n) is 0. The summed E-state index contributed by atoms with van der Waals surface area (Å²) in [7, 11) is -4.61. The fourth-order valence-electron chi connectivity index (χ4n) is 0. The minimum atomic E-state index is -4.61. The molecule has 0 aromatic heterocycles. The number of hydrogen-bond acceptors (Lipinski definition) is 4. The minimum absolute atomic E-state index is 0. The van der Waals surface area contributed by atoms with E-state index in [1.165, 1.54) is 0 Å². The summed E-state index contributed by atoms with van der Waals surface area (Å²) >= 11 is 0. The van der Waals surface area contributed by atoms with Gasteiger partial charge in [-0.15, -0.1) is 0 Å². The molecule has 0 amide bonds. The Morgan fingerprint density at radius 1 is 0.857 bits per heavy atom. The summed E-state index contributed by atoms with van der Waals surface area (Å²) in [5.41, 5.74) is 0. The summed E-state index contributed by atoms with van der Waals surface area (Å²) in [6, 6.07) is 0. The number of hydrogen-bond donors (Lipinski definition) is 4. The van der Waals surface area contributed by atoms with Crippen molar-refractivity contribution in [2.24, 2.45) is 0 Å². The van der Waals surface area contributed by atoms with Crippen LogP contribution in [0, 0.1) is 0 Å². The van der Waals surface area contributed by atoms with Crippen molar-refractivity contribution in [3.05, 3.63) is 0 Å². The van der Waals surface area contributed by atoms with Crippen molar-refractivity contribution in [1.82, 2.24) is 0 Å². The van der Waals surface area contributed by atoms with Gasteiger partial charge in [-0.05, 0) is 0 Å². The van der Waals surface area contributed by atoms with Crippen LogP contribution in [0.1, 0.15) is 0 Å². The molecular weight excluding hydrogens is 188 g/mol. The zero-order valence-electron chi connectivity index (χ0n) is 2.87. The first-order valence-electron chi connectivity index (χ1n) is 0.894. The molecular formula is H5LiO4SiY. The molecule has 7 heavy (non-hydrogen) atoms. The van der Waals surface area contributed by atoms with Gasteiger partial charge < -0.3 is 19.2 Å². The van der Waals surface area contributed by atoms with Crippen molar-refractivity contribution in [2.45, 2.75) is 0 Å².